The molecule has 1 aromatic heterocycles. The number of likely N-dealkylation sites (N-methyl/N-ethyl adjacent to an activating group) is 1. The maximum absolute atomic E-state index is 13.5. The molecule has 3 aromatic rings. The molecule has 0 N–H and O–H groups in total. The van der Waals surface area contributed by atoms with E-state index in [1.807, 2.05) is 36.1 Å². The normalized spacial score (nSPS) is 15.5. The predicted molar refractivity (Wildman–Crippen MR) is 121 cm³/mol. The zero-order chi connectivity index (χ0) is 21.3. The number of nitrogens with zero attached hydrogens (tertiary/aromatic N) is 3. The van der Waals surface area contributed by atoms with Crippen LogP contribution in [0.15, 0.2) is 67.3 Å². The van der Waals surface area contributed by atoms with Crippen LogP contribution in [-0.4, -0.2) is 51.0 Å². The Balaban J connectivity index is 1.80. The van der Waals surface area contributed by atoms with E-state index in [2.05, 4.69) is 32.7 Å². The monoisotopic (exact) mass is 489 g/mol. The number of aryl methyl sites for hydroxylation is 1. The van der Waals surface area contributed by atoms with Crippen molar-refractivity contribution in [3.05, 3.63) is 58.6 Å². The van der Waals surface area contributed by atoms with Crippen molar-refractivity contribution in [3.63, 3.8) is 0 Å². The van der Waals surface area contributed by atoms with Crippen LogP contribution in [0.3, 0.4) is 0 Å². The summed E-state index contributed by atoms with van der Waals surface area (Å²) in [5.41, 5.74) is 1.82. The molecule has 2 aromatic carbocycles. The Morgan fingerprint density at radius 1 is 1.07 bits per heavy atom. The van der Waals surface area contributed by atoms with Gasteiger partial charge in [-0.1, -0.05) is 40.5 Å². The quantitative estimate of drug-likeness (QED) is 0.529. The Morgan fingerprint density at radius 3 is 2.40 bits per heavy atom. The molecule has 0 radical (unpaired) electrons. The highest BCUT2D eigenvalue weighted by Crippen LogP contribution is 2.35. The highest BCUT2D eigenvalue weighted by Gasteiger charge is 2.32. The SMILES string of the molecule is CCN1CCN(c2oc(-c3cccc(C)c3)nc2S(=O)(=O)c2ccc(Br)cc2)CC1. The van der Waals surface area contributed by atoms with Crippen LogP contribution in [0.1, 0.15) is 12.5 Å². The lowest BCUT2D eigenvalue weighted by molar-refractivity contribution is 0.266. The van der Waals surface area contributed by atoms with Crippen LogP contribution in [0.4, 0.5) is 5.88 Å². The lowest BCUT2D eigenvalue weighted by atomic mass is 10.1. The molecule has 1 fully saturated rings. The summed E-state index contributed by atoms with van der Waals surface area (Å²) >= 11 is 3.36. The second-order valence-electron chi connectivity index (χ2n) is 7.38. The fraction of sp³-hybridized carbons (Fsp3) is 0.318. The minimum absolute atomic E-state index is 0.0220. The molecule has 0 amide bonds. The van der Waals surface area contributed by atoms with Gasteiger partial charge < -0.3 is 14.2 Å². The maximum atomic E-state index is 13.5. The fourth-order valence-corrected chi connectivity index (χ4v) is 5.15. The molecule has 1 aliphatic heterocycles. The molecule has 0 aliphatic carbocycles. The summed E-state index contributed by atoms with van der Waals surface area (Å²) in [4.78, 5) is 9.00. The fourth-order valence-electron chi connectivity index (χ4n) is 3.57. The molecule has 8 heteroatoms. The van der Waals surface area contributed by atoms with Gasteiger partial charge in [0.15, 0.2) is 0 Å². The van der Waals surface area contributed by atoms with Crippen molar-refractivity contribution in [1.29, 1.82) is 0 Å². The van der Waals surface area contributed by atoms with Gasteiger partial charge in [-0.05, 0) is 49.9 Å². The van der Waals surface area contributed by atoms with Crippen LogP contribution >= 0.6 is 15.9 Å². The summed E-state index contributed by atoms with van der Waals surface area (Å²) < 4.78 is 33.9. The number of piperazine rings is 1. The van der Waals surface area contributed by atoms with E-state index in [1.54, 1.807) is 24.3 Å². The van der Waals surface area contributed by atoms with Gasteiger partial charge in [-0.25, -0.2) is 8.42 Å². The van der Waals surface area contributed by atoms with E-state index in [-0.39, 0.29) is 9.92 Å². The standard InChI is InChI=1S/C22H24BrN3O3S/c1-3-25-11-13-26(14-12-25)22-21(30(27,28)19-9-7-18(23)8-10-19)24-20(29-22)17-6-4-5-16(2)15-17/h4-10,15H,3,11-14H2,1-2H3. The van der Waals surface area contributed by atoms with E-state index in [4.69, 9.17) is 4.42 Å². The van der Waals surface area contributed by atoms with Crippen LogP contribution in [0.25, 0.3) is 11.5 Å². The van der Waals surface area contributed by atoms with E-state index in [9.17, 15) is 8.42 Å². The van der Waals surface area contributed by atoms with Crippen molar-refractivity contribution >= 4 is 31.7 Å². The topological polar surface area (TPSA) is 66.7 Å². The van der Waals surface area contributed by atoms with Crippen molar-refractivity contribution in [2.24, 2.45) is 0 Å². The van der Waals surface area contributed by atoms with Crippen molar-refractivity contribution in [2.75, 3.05) is 37.6 Å². The van der Waals surface area contributed by atoms with Crippen LogP contribution in [0, 0.1) is 6.92 Å². The van der Waals surface area contributed by atoms with Gasteiger partial charge >= 0.3 is 0 Å². The zero-order valence-electron chi connectivity index (χ0n) is 17.0. The summed E-state index contributed by atoms with van der Waals surface area (Å²) in [7, 11) is -3.83. The third kappa shape index (κ3) is 4.17. The number of aromatic nitrogens is 1. The number of sulfone groups is 1. The van der Waals surface area contributed by atoms with Gasteiger partial charge in [0.25, 0.3) is 0 Å². The Kier molecular flexibility index (Phi) is 5.99. The third-order valence-electron chi connectivity index (χ3n) is 5.33. The second kappa shape index (κ2) is 8.53. The van der Waals surface area contributed by atoms with Gasteiger partial charge in [0.05, 0.1) is 4.90 Å². The molecule has 0 atom stereocenters. The number of oxazole rings is 1. The minimum atomic E-state index is -3.83. The number of rotatable bonds is 5. The smallest absolute Gasteiger partial charge is 0.236 e. The Hall–Kier alpha value is -2.16. The first-order chi connectivity index (χ1) is 14.4. The molecule has 6 nitrogen and oxygen atoms in total. The largest absolute Gasteiger partial charge is 0.419 e. The first-order valence-electron chi connectivity index (χ1n) is 9.94. The molecule has 1 aliphatic rings. The van der Waals surface area contributed by atoms with E-state index in [0.717, 1.165) is 35.2 Å². The van der Waals surface area contributed by atoms with Crippen molar-refractivity contribution in [3.8, 4) is 11.5 Å². The first-order valence-corrected chi connectivity index (χ1v) is 12.2. The molecular formula is C22H24BrN3O3S. The number of anilines is 1. The van der Waals surface area contributed by atoms with Gasteiger partial charge in [0.1, 0.15) is 0 Å². The summed E-state index contributed by atoms with van der Waals surface area (Å²) in [5.74, 6) is 0.646. The number of hydrogen-bond donors (Lipinski definition) is 0. The molecule has 2 heterocycles. The molecular weight excluding hydrogens is 466 g/mol. The molecule has 158 valence electrons. The highest BCUT2D eigenvalue weighted by molar-refractivity contribution is 9.10. The van der Waals surface area contributed by atoms with E-state index in [0.29, 0.717) is 24.9 Å². The van der Waals surface area contributed by atoms with Crippen LogP contribution in [0.5, 0.6) is 0 Å². The average Bonchev–Trinajstić information content (AvgIpc) is 3.21. The van der Waals surface area contributed by atoms with E-state index >= 15 is 0 Å². The Morgan fingerprint density at radius 2 is 1.77 bits per heavy atom. The summed E-state index contributed by atoms with van der Waals surface area (Å²) in [6.45, 7) is 8.19. The molecule has 0 saturated carbocycles. The summed E-state index contributed by atoms with van der Waals surface area (Å²) in [6.07, 6.45) is 0. The third-order valence-corrected chi connectivity index (χ3v) is 7.53. The molecule has 0 bridgehead atoms. The molecule has 0 unspecified atom stereocenters. The van der Waals surface area contributed by atoms with Crippen molar-refractivity contribution in [2.45, 2.75) is 23.8 Å². The number of halogens is 1. The van der Waals surface area contributed by atoms with Crippen molar-refractivity contribution < 1.29 is 12.8 Å². The molecule has 0 spiro atoms. The lowest BCUT2D eigenvalue weighted by Gasteiger charge is -2.33. The molecule has 4 rings (SSSR count). The maximum Gasteiger partial charge on any atom is 0.236 e. The van der Waals surface area contributed by atoms with Gasteiger partial charge in [0.2, 0.25) is 26.6 Å². The zero-order valence-corrected chi connectivity index (χ0v) is 19.4. The molecule has 1 saturated heterocycles. The van der Waals surface area contributed by atoms with Crippen LogP contribution in [0.2, 0.25) is 0 Å². The average molecular weight is 490 g/mol. The van der Waals surface area contributed by atoms with Gasteiger partial charge in [-0.15, -0.1) is 0 Å². The Labute approximate surface area is 185 Å². The van der Waals surface area contributed by atoms with Crippen molar-refractivity contribution in [1.82, 2.24) is 9.88 Å². The van der Waals surface area contributed by atoms with E-state index in [1.165, 1.54) is 0 Å². The minimum Gasteiger partial charge on any atom is -0.419 e. The second-order valence-corrected chi connectivity index (χ2v) is 10.2. The Bertz CT molecular complexity index is 1130. The summed E-state index contributed by atoms with van der Waals surface area (Å²) in [6, 6.07) is 14.3. The first kappa shape index (κ1) is 21.1. The molecule has 30 heavy (non-hydrogen) atoms. The highest BCUT2D eigenvalue weighted by atomic mass is 79.9. The van der Waals surface area contributed by atoms with Gasteiger partial charge in [-0.3, -0.25) is 0 Å². The van der Waals surface area contributed by atoms with Gasteiger partial charge in [0, 0.05) is 36.2 Å². The predicted octanol–water partition coefficient (Wildman–Crippen LogP) is 4.39. The number of benzene rings is 2. The van der Waals surface area contributed by atoms with Gasteiger partial charge in [-0.2, -0.15) is 4.98 Å². The van der Waals surface area contributed by atoms with Crippen LogP contribution in [-0.2, 0) is 9.84 Å². The number of hydrogen-bond acceptors (Lipinski definition) is 6. The van der Waals surface area contributed by atoms with Crippen LogP contribution < -0.4 is 4.90 Å². The summed E-state index contributed by atoms with van der Waals surface area (Å²) in [5, 5.41) is -0.0220. The van der Waals surface area contributed by atoms with E-state index < -0.39 is 9.84 Å². The lowest BCUT2D eigenvalue weighted by Crippen LogP contribution is -2.46.